The van der Waals surface area contributed by atoms with Gasteiger partial charge < -0.3 is 16.2 Å². The molecule has 0 saturated carbocycles. The predicted molar refractivity (Wildman–Crippen MR) is 84.9 cm³/mol. The average molecular weight is 370 g/mol. The van der Waals surface area contributed by atoms with Crippen molar-refractivity contribution in [2.24, 2.45) is 0 Å². The van der Waals surface area contributed by atoms with Crippen molar-refractivity contribution in [3.63, 3.8) is 0 Å². The van der Waals surface area contributed by atoms with Gasteiger partial charge in [-0.15, -0.1) is 0 Å². The molecule has 0 aliphatic carbocycles. The van der Waals surface area contributed by atoms with E-state index in [1.165, 1.54) is 18.2 Å². The fourth-order valence-electron chi connectivity index (χ4n) is 1.64. The number of hydrogen-bond donors (Lipinski definition) is 3. The monoisotopic (exact) mass is 368 g/mol. The van der Waals surface area contributed by atoms with Crippen molar-refractivity contribution in [3.8, 4) is 0 Å². The molecule has 2 rings (SSSR count). The van der Waals surface area contributed by atoms with Gasteiger partial charge in [0.05, 0.1) is 22.0 Å². The van der Waals surface area contributed by atoms with Gasteiger partial charge in [-0.1, -0.05) is 11.6 Å². The third-order valence-electron chi connectivity index (χ3n) is 2.73. The molecule has 5 nitrogen and oxygen atoms in total. The highest BCUT2D eigenvalue weighted by Crippen LogP contribution is 2.25. The van der Waals surface area contributed by atoms with Gasteiger partial charge in [0.15, 0.2) is 0 Å². The summed E-state index contributed by atoms with van der Waals surface area (Å²) in [5.41, 5.74) is 6.70. The Balaban J connectivity index is 2.23. The van der Waals surface area contributed by atoms with Crippen molar-refractivity contribution in [3.05, 3.63) is 57.0 Å². The zero-order valence-electron chi connectivity index (χ0n) is 10.6. The third-order valence-corrected chi connectivity index (χ3v) is 3.94. The summed E-state index contributed by atoms with van der Waals surface area (Å²) in [6.07, 6.45) is 0. The van der Waals surface area contributed by atoms with Crippen LogP contribution < -0.4 is 11.1 Å². The van der Waals surface area contributed by atoms with Crippen molar-refractivity contribution in [2.75, 3.05) is 11.1 Å². The molecule has 0 aliphatic rings. The largest absolute Gasteiger partial charge is 0.478 e. The highest BCUT2D eigenvalue weighted by Gasteiger charge is 2.11. The Morgan fingerprint density at radius 3 is 2.38 bits per heavy atom. The van der Waals surface area contributed by atoms with Crippen LogP contribution in [-0.2, 0) is 0 Å². The molecule has 0 aromatic heterocycles. The highest BCUT2D eigenvalue weighted by atomic mass is 79.9. The average Bonchev–Trinajstić information content (AvgIpc) is 2.43. The summed E-state index contributed by atoms with van der Waals surface area (Å²) in [5.74, 6) is -1.46. The van der Waals surface area contributed by atoms with E-state index in [0.29, 0.717) is 20.7 Å². The van der Waals surface area contributed by atoms with Crippen LogP contribution >= 0.6 is 27.5 Å². The Labute approximate surface area is 133 Å². The molecular weight excluding hydrogens is 360 g/mol. The van der Waals surface area contributed by atoms with Gasteiger partial charge in [0.1, 0.15) is 0 Å². The normalized spacial score (nSPS) is 10.2. The second kappa shape index (κ2) is 6.15. The summed E-state index contributed by atoms with van der Waals surface area (Å²) >= 11 is 9.10. The number of nitrogens with two attached hydrogens (primary N) is 1. The van der Waals surface area contributed by atoms with Gasteiger partial charge in [0.2, 0.25) is 0 Å². The molecule has 0 heterocycles. The maximum absolute atomic E-state index is 12.1. The van der Waals surface area contributed by atoms with Crippen LogP contribution in [-0.4, -0.2) is 17.0 Å². The number of anilines is 2. The summed E-state index contributed by atoms with van der Waals surface area (Å²) in [5, 5.41) is 12.0. The van der Waals surface area contributed by atoms with Gasteiger partial charge in [-0.05, 0) is 52.3 Å². The van der Waals surface area contributed by atoms with Crippen molar-refractivity contribution in [1.82, 2.24) is 0 Å². The summed E-state index contributed by atoms with van der Waals surface area (Å²) in [7, 11) is 0. The van der Waals surface area contributed by atoms with Crippen LogP contribution in [0.5, 0.6) is 0 Å². The zero-order chi connectivity index (χ0) is 15.6. The van der Waals surface area contributed by atoms with E-state index in [4.69, 9.17) is 22.4 Å². The maximum atomic E-state index is 12.1. The Morgan fingerprint density at radius 2 is 1.81 bits per heavy atom. The van der Waals surface area contributed by atoms with E-state index in [1.54, 1.807) is 18.2 Å². The van der Waals surface area contributed by atoms with Gasteiger partial charge in [0.25, 0.3) is 5.91 Å². The Hall–Kier alpha value is -2.05. The second-order valence-corrected chi connectivity index (χ2v) is 5.45. The van der Waals surface area contributed by atoms with Gasteiger partial charge in [0, 0.05) is 10.0 Å². The smallest absolute Gasteiger partial charge is 0.335 e. The topological polar surface area (TPSA) is 92.4 Å². The minimum absolute atomic E-state index is 0.0553. The van der Waals surface area contributed by atoms with E-state index in [9.17, 15) is 9.59 Å². The maximum Gasteiger partial charge on any atom is 0.335 e. The van der Waals surface area contributed by atoms with Crippen molar-refractivity contribution >= 4 is 50.8 Å². The quantitative estimate of drug-likeness (QED) is 0.720. The number of carboxylic acid groups (broad SMARTS) is 1. The standard InChI is InChI=1S/C14H10BrClN2O3/c15-9-5-7(1-3-10(9)16)13(19)18-12-4-2-8(14(20)21)6-11(12)17/h1-6H,17H2,(H,18,19)(H,20,21). The molecule has 4 N–H and O–H groups in total. The lowest BCUT2D eigenvalue weighted by Gasteiger charge is -2.09. The number of aromatic carboxylic acids is 1. The number of rotatable bonds is 3. The van der Waals surface area contributed by atoms with Crippen LogP contribution in [0.1, 0.15) is 20.7 Å². The van der Waals surface area contributed by atoms with Gasteiger partial charge in [-0.3, -0.25) is 4.79 Å². The Morgan fingerprint density at radius 1 is 1.14 bits per heavy atom. The number of nitrogens with one attached hydrogen (secondary N) is 1. The van der Waals surface area contributed by atoms with Crippen molar-refractivity contribution in [2.45, 2.75) is 0 Å². The third kappa shape index (κ3) is 3.53. The Kier molecular flexibility index (Phi) is 4.50. The Bertz CT molecular complexity index is 734. The molecule has 108 valence electrons. The molecule has 0 fully saturated rings. The van der Waals surface area contributed by atoms with E-state index in [0.717, 1.165) is 0 Å². The van der Waals surface area contributed by atoms with Crippen LogP contribution in [0.25, 0.3) is 0 Å². The molecule has 0 saturated heterocycles. The highest BCUT2D eigenvalue weighted by molar-refractivity contribution is 9.10. The van der Waals surface area contributed by atoms with E-state index in [-0.39, 0.29) is 17.2 Å². The molecule has 21 heavy (non-hydrogen) atoms. The first-order valence-corrected chi connectivity index (χ1v) is 6.95. The van der Waals surface area contributed by atoms with Crippen LogP contribution in [0, 0.1) is 0 Å². The van der Waals surface area contributed by atoms with Crippen LogP contribution in [0.15, 0.2) is 40.9 Å². The summed E-state index contributed by atoms with van der Waals surface area (Å²) in [4.78, 5) is 22.9. The fraction of sp³-hybridized carbons (Fsp3) is 0. The van der Waals surface area contributed by atoms with Crippen molar-refractivity contribution < 1.29 is 14.7 Å². The minimum atomic E-state index is -1.08. The van der Waals surface area contributed by atoms with Gasteiger partial charge >= 0.3 is 5.97 Å². The number of carbonyl (C=O) groups is 2. The second-order valence-electron chi connectivity index (χ2n) is 4.19. The molecule has 2 aromatic carbocycles. The summed E-state index contributed by atoms with van der Waals surface area (Å²) in [6.45, 7) is 0. The summed E-state index contributed by atoms with van der Waals surface area (Å²) < 4.78 is 0.603. The number of halogens is 2. The first-order chi connectivity index (χ1) is 9.88. The molecule has 0 atom stereocenters. The molecule has 1 amide bonds. The predicted octanol–water partition coefficient (Wildman–Crippen LogP) is 3.64. The van der Waals surface area contributed by atoms with Gasteiger partial charge in [-0.2, -0.15) is 0 Å². The molecule has 7 heteroatoms. The molecular formula is C14H10BrClN2O3. The molecule has 0 unspecified atom stereocenters. The lowest BCUT2D eigenvalue weighted by Crippen LogP contribution is -2.13. The minimum Gasteiger partial charge on any atom is -0.478 e. The van der Waals surface area contributed by atoms with Crippen LogP contribution in [0.2, 0.25) is 5.02 Å². The van der Waals surface area contributed by atoms with Gasteiger partial charge in [-0.25, -0.2) is 4.79 Å². The first kappa shape index (κ1) is 15.3. The number of carbonyl (C=O) groups excluding carboxylic acids is 1. The van der Waals surface area contributed by atoms with Crippen LogP contribution in [0.4, 0.5) is 11.4 Å². The molecule has 0 bridgehead atoms. The molecule has 2 aromatic rings. The lowest BCUT2D eigenvalue weighted by molar-refractivity contribution is 0.0697. The lowest BCUT2D eigenvalue weighted by atomic mass is 10.1. The van der Waals surface area contributed by atoms with E-state index in [1.807, 2.05) is 0 Å². The van der Waals surface area contributed by atoms with E-state index < -0.39 is 5.97 Å². The van der Waals surface area contributed by atoms with Crippen molar-refractivity contribution in [1.29, 1.82) is 0 Å². The molecule has 0 aliphatic heterocycles. The van der Waals surface area contributed by atoms with E-state index >= 15 is 0 Å². The SMILES string of the molecule is Nc1cc(C(=O)O)ccc1NC(=O)c1ccc(Cl)c(Br)c1. The number of carboxylic acids is 1. The first-order valence-electron chi connectivity index (χ1n) is 5.77. The summed E-state index contributed by atoms with van der Waals surface area (Å²) in [6, 6.07) is 8.85. The number of nitrogen functional groups attached to an aromatic ring is 1. The number of amides is 1. The number of hydrogen-bond acceptors (Lipinski definition) is 3. The molecule has 0 radical (unpaired) electrons. The number of benzene rings is 2. The van der Waals surface area contributed by atoms with E-state index in [2.05, 4.69) is 21.2 Å². The van der Waals surface area contributed by atoms with Crippen LogP contribution in [0.3, 0.4) is 0 Å². The molecule has 0 spiro atoms. The fourth-order valence-corrected chi connectivity index (χ4v) is 2.14. The zero-order valence-corrected chi connectivity index (χ0v) is 12.9.